The number of hydrogen-bond acceptors (Lipinski definition) is 4. The zero-order chi connectivity index (χ0) is 14.8. The van der Waals surface area contributed by atoms with Gasteiger partial charge in [-0.15, -0.1) is 0 Å². The number of hydrogen-bond donors (Lipinski definition) is 1. The molecule has 0 aliphatic rings. The summed E-state index contributed by atoms with van der Waals surface area (Å²) in [6.07, 6.45) is 1.06. The van der Waals surface area contributed by atoms with Crippen LogP contribution in [0.5, 0.6) is 0 Å². The van der Waals surface area contributed by atoms with E-state index in [1.54, 1.807) is 0 Å². The Balaban J connectivity index is 2.29. The van der Waals surface area contributed by atoms with Gasteiger partial charge in [0.25, 0.3) is 0 Å². The summed E-state index contributed by atoms with van der Waals surface area (Å²) in [5.41, 5.74) is 0.107. The average Bonchev–Trinajstić information content (AvgIpc) is 2.39. The van der Waals surface area contributed by atoms with Gasteiger partial charge in [-0.05, 0) is 24.3 Å². The minimum Gasteiger partial charge on any atom is -0.478 e. The molecular weight excluding hydrogens is 285 g/mol. The summed E-state index contributed by atoms with van der Waals surface area (Å²) in [6.45, 7) is 0. The third-order valence-corrected chi connectivity index (χ3v) is 4.26. The Morgan fingerprint density at radius 1 is 1.20 bits per heavy atom. The van der Waals surface area contributed by atoms with Crippen LogP contribution < -0.4 is 0 Å². The fourth-order valence-corrected chi connectivity index (χ4v) is 2.97. The van der Waals surface area contributed by atoms with Gasteiger partial charge in [0.15, 0.2) is 9.84 Å². The highest BCUT2D eigenvalue weighted by atomic mass is 32.2. The van der Waals surface area contributed by atoms with Crippen molar-refractivity contribution in [3.63, 3.8) is 0 Å². The number of halogens is 1. The number of benzene rings is 1. The zero-order valence-electron chi connectivity index (χ0n) is 10.2. The maximum atomic E-state index is 13.5. The predicted octanol–water partition coefficient (Wildman–Crippen LogP) is 1.89. The summed E-state index contributed by atoms with van der Waals surface area (Å²) in [6, 6.07) is 7.61. The summed E-state index contributed by atoms with van der Waals surface area (Å²) in [5.74, 6) is -2.47. The molecule has 0 spiro atoms. The molecule has 20 heavy (non-hydrogen) atoms. The molecule has 0 fully saturated rings. The highest BCUT2D eigenvalue weighted by molar-refractivity contribution is 7.90. The first-order valence-corrected chi connectivity index (χ1v) is 7.21. The van der Waals surface area contributed by atoms with Crippen LogP contribution in [-0.2, 0) is 15.6 Å². The van der Waals surface area contributed by atoms with Crippen molar-refractivity contribution in [1.29, 1.82) is 0 Å². The SMILES string of the molecule is O=C(O)c1ccc(CS(=O)(=O)c2ccccc2F)nc1. The van der Waals surface area contributed by atoms with Crippen LogP contribution in [0.1, 0.15) is 16.1 Å². The van der Waals surface area contributed by atoms with Gasteiger partial charge in [0.1, 0.15) is 10.7 Å². The molecule has 0 bridgehead atoms. The lowest BCUT2D eigenvalue weighted by atomic mass is 10.2. The van der Waals surface area contributed by atoms with Crippen molar-refractivity contribution in [3.05, 3.63) is 59.7 Å². The Kier molecular flexibility index (Phi) is 3.80. The molecule has 7 heteroatoms. The lowest BCUT2D eigenvalue weighted by molar-refractivity contribution is 0.0696. The second kappa shape index (κ2) is 5.38. The molecular formula is C13H10FNO4S. The molecule has 0 aliphatic carbocycles. The fraction of sp³-hybridized carbons (Fsp3) is 0.0769. The standard InChI is InChI=1S/C13H10FNO4S/c14-11-3-1-2-4-12(11)20(18,19)8-10-6-5-9(7-15-10)13(16)17/h1-7H,8H2,(H,16,17). The third kappa shape index (κ3) is 3.00. The predicted molar refractivity (Wildman–Crippen MR) is 68.5 cm³/mol. The fourth-order valence-electron chi connectivity index (χ4n) is 1.61. The van der Waals surface area contributed by atoms with E-state index in [0.29, 0.717) is 0 Å². The molecule has 104 valence electrons. The number of sulfone groups is 1. The molecule has 1 heterocycles. The Morgan fingerprint density at radius 2 is 1.90 bits per heavy atom. The normalized spacial score (nSPS) is 11.2. The number of rotatable bonds is 4. The Morgan fingerprint density at radius 3 is 2.45 bits per heavy atom. The number of carboxylic acids is 1. The summed E-state index contributed by atoms with van der Waals surface area (Å²) >= 11 is 0. The smallest absolute Gasteiger partial charge is 0.337 e. The summed E-state index contributed by atoms with van der Waals surface area (Å²) in [7, 11) is -3.86. The monoisotopic (exact) mass is 295 g/mol. The van der Waals surface area contributed by atoms with Crippen molar-refractivity contribution >= 4 is 15.8 Å². The second-order valence-electron chi connectivity index (χ2n) is 4.03. The van der Waals surface area contributed by atoms with Gasteiger partial charge in [-0.1, -0.05) is 12.1 Å². The van der Waals surface area contributed by atoms with E-state index in [-0.39, 0.29) is 11.3 Å². The Bertz CT molecular complexity index is 741. The topological polar surface area (TPSA) is 84.3 Å². The van der Waals surface area contributed by atoms with Crippen molar-refractivity contribution in [2.75, 3.05) is 0 Å². The lowest BCUT2D eigenvalue weighted by Crippen LogP contribution is -2.09. The first-order valence-electron chi connectivity index (χ1n) is 5.55. The van der Waals surface area contributed by atoms with E-state index in [4.69, 9.17) is 5.11 Å². The van der Waals surface area contributed by atoms with E-state index >= 15 is 0 Å². The largest absolute Gasteiger partial charge is 0.478 e. The van der Waals surface area contributed by atoms with Crippen molar-refractivity contribution in [1.82, 2.24) is 4.98 Å². The number of carboxylic acid groups (broad SMARTS) is 1. The average molecular weight is 295 g/mol. The number of nitrogens with zero attached hydrogens (tertiary/aromatic N) is 1. The first-order chi connectivity index (χ1) is 9.40. The molecule has 0 saturated heterocycles. The van der Waals surface area contributed by atoms with Crippen LogP contribution in [0.15, 0.2) is 47.5 Å². The minimum absolute atomic E-state index is 0.0444. The van der Waals surface area contributed by atoms with Crippen LogP contribution in [-0.4, -0.2) is 24.5 Å². The minimum atomic E-state index is -3.86. The molecule has 2 rings (SSSR count). The van der Waals surface area contributed by atoms with Gasteiger partial charge in [0.2, 0.25) is 0 Å². The molecule has 0 aliphatic heterocycles. The molecule has 1 aromatic heterocycles. The molecule has 2 aromatic rings. The molecule has 1 aromatic carbocycles. The first kappa shape index (κ1) is 14.1. The van der Waals surface area contributed by atoms with Crippen LogP contribution in [0.3, 0.4) is 0 Å². The molecule has 0 radical (unpaired) electrons. The number of carbonyl (C=O) groups is 1. The second-order valence-corrected chi connectivity index (χ2v) is 5.99. The van der Waals surface area contributed by atoms with Gasteiger partial charge in [-0.3, -0.25) is 4.98 Å². The molecule has 0 amide bonds. The van der Waals surface area contributed by atoms with Gasteiger partial charge in [-0.25, -0.2) is 17.6 Å². The molecule has 5 nitrogen and oxygen atoms in total. The maximum absolute atomic E-state index is 13.5. The summed E-state index contributed by atoms with van der Waals surface area (Å²) < 4.78 is 37.6. The lowest BCUT2D eigenvalue weighted by Gasteiger charge is -2.05. The van der Waals surface area contributed by atoms with E-state index in [9.17, 15) is 17.6 Å². The highest BCUT2D eigenvalue weighted by Gasteiger charge is 2.20. The van der Waals surface area contributed by atoms with Crippen molar-refractivity contribution in [3.8, 4) is 0 Å². The van der Waals surface area contributed by atoms with E-state index in [2.05, 4.69) is 4.98 Å². The van der Waals surface area contributed by atoms with Crippen LogP contribution in [0.2, 0.25) is 0 Å². The van der Waals surface area contributed by atoms with Crippen molar-refractivity contribution in [2.24, 2.45) is 0 Å². The zero-order valence-corrected chi connectivity index (χ0v) is 11.0. The van der Waals surface area contributed by atoms with Crippen molar-refractivity contribution < 1.29 is 22.7 Å². The van der Waals surface area contributed by atoms with Gasteiger partial charge in [0, 0.05) is 6.20 Å². The Hall–Kier alpha value is -2.28. The Labute approximate surface area is 114 Å². The quantitative estimate of drug-likeness (QED) is 0.931. The van der Waals surface area contributed by atoms with Gasteiger partial charge < -0.3 is 5.11 Å². The summed E-state index contributed by atoms with van der Waals surface area (Å²) in [5, 5.41) is 8.71. The van der Waals surface area contributed by atoms with Gasteiger partial charge in [0.05, 0.1) is 17.0 Å². The maximum Gasteiger partial charge on any atom is 0.337 e. The van der Waals surface area contributed by atoms with E-state index in [0.717, 1.165) is 12.3 Å². The molecule has 1 N–H and O–H groups in total. The molecule has 0 saturated carbocycles. The number of pyridine rings is 1. The van der Waals surface area contributed by atoms with Crippen LogP contribution >= 0.6 is 0 Å². The third-order valence-electron chi connectivity index (χ3n) is 2.58. The van der Waals surface area contributed by atoms with Crippen LogP contribution in [0.25, 0.3) is 0 Å². The van der Waals surface area contributed by atoms with E-state index in [1.807, 2.05) is 0 Å². The van der Waals surface area contributed by atoms with Gasteiger partial charge >= 0.3 is 5.97 Å². The van der Waals surface area contributed by atoms with E-state index < -0.39 is 32.3 Å². The van der Waals surface area contributed by atoms with Gasteiger partial charge in [-0.2, -0.15) is 0 Å². The molecule has 0 atom stereocenters. The van der Waals surface area contributed by atoms with Crippen molar-refractivity contribution in [2.45, 2.75) is 10.6 Å². The van der Waals surface area contributed by atoms with E-state index in [1.165, 1.54) is 30.3 Å². The van der Waals surface area contributed by atoms with Crippen LogP contribution in [0.4, 0.5) is 4.39 Å². The van der Waals surface area contributed by atoms with Crippen LogP contribution in [0, 0.1) is 5.82 Å². The number of aromatic carboxylic acids is 1. The highest BCUT2D eigenvalue weighted by Crippen LogP contribution is 2.18. The number of aromatic nitrogens is 1. The molecule has 0 unspecified atom stereocenters. The summed E-state index contributed by atoms with van der Waals surface area (Å²) in [4.78, 5) is 14.0.